The number of carboxylic acid groups (broad SMARTS) is 1. The molecule has 1 fully saturated rings. The molecule has 6 nitrogen and oxygen atoms in total. The van der Waals surface area contributed by atoms with Crippen LogP contribution < -0.4 is 0 Å². The van der Waals surface area contributed by atoms with E-state index in [0.29, 0.717) is 6.42 Å². The highest BCUT2D eigenvalue weighted by molar-refractivity contribution is 5.66. The lowest BCUT2D eigenvalue weighted by Gasteiger charge is -2.17. The van der Waals surface area contributed by atoms with Crippen LogP contribution in [0.5, 0.6) is 0 Å². The van der Waals surface area contributed by atoms with Crippen LogP contribution in [-0.2, 0) is 9.53 Å². The summed E-state index contributed by atoms with van der Waals surface area (Å²) in [5.41, 5.74) is 0. The van der Waals surface area contributed by atoms with Crippen molar-refractivity contribution in [2.45, 2.75) is 82.4 Å². The lowest BCUT2D eigenvalue weighted by atomic mass is 10.0. The largest absolute Gasteiger partial charge is 0.481 e. The lowest BCUT2D eigenvalue weighted by Crippen LogP contribution is -2.26. The van der Waals surface area contributed by atoms with Gasteiger partial charge in [0.1, 0.15) is 6.10 Å². The SMILES string of the molecule is CC/C=C\C/C=C\C/C=C\C[C@@H](O)/C=C/[C@H]1O[C@H]([C@@H](O)CCC(=O)O)C[C@H]1O. The first-order chi connectivity index (χ1) is 13.4. The monoisotopic (exact) mass is 394 g/mol. The number of ether oxygens (including phenoxy) is 1. The molecule has 1 aliphatic rings. The van der Waals surface area contributed by atoms with Crippen LogP contribution in [0.15, 0.2) is 48.6 Å². The van der Waals surface area contributed by atoms with E-state index >= 15 is 0 Å². The molecule has 1 aliphatic heterocycles. The molecule has 1 rings (SSSR count). The summed E-state index contributed by atoms with van der Waals surface area (Å²) < 4.78 is 5.59. The fourth-order valence-electron chi connectivity index (χ4n) is 2.86. The van der Waals surface area contributed by atoms with Gasteiger partial charge in [-0.25, -0.2) is 0 Å². The highest BCUT2D eigenvalue weighted by Gasteiger charge is 2.36. The van der Waals surface area contributed by atoms with Gasteiger partial charge in [-0.15, -0.1) is 0 Å². The summed E-state index contributed by atoms with van der Waals surface area (Å²) in [4.78, 5) is 10.6. The van der Waals surface area contributed by atoms with Crippen LogP contribution in [0.25, 0.3) is 0 Å². The average Bonchev–Trinajstić information content (AvgIpc) is 3.04. The molecule has 1 saturated heterocycles. The van der Waals surface area contributed by atoms with Gasteiger partial charge >= 0.3 is 5.97 Å². The van der Waals surface area contributed by atoms with Crippen molar-refractivity contribution in [3.63, 3.8) is 0 Å². The van der Waals surface area contributed by atoms with Gasteiger partial charge in [0, 0.05) is 12.8 Å². The van der Waals surface area contributed by atoms with Crippen LogP contribution in [-0.4, -0.2) is 56.9 Å². The van der Waals surface area contributed by atoms with E-state index in [1.165, 1.54) is 0 Å². The van der Waals surface area contributed by atoms with Gasteiger partial charge in [-0.2, -0.15) is 0 Å². The van der Waals surface area contributed by atoms with Crippen molar-refractivity contribution in [1.82, 2.24) is 0 Å². The second-order valence-corrected chi connectivity index (χ2v) is 6.92. The molecular weight excluding hydrogens is 360 g/mol. The Kier molecular flexibility index (Phi) is 12.4. The second kappa shape index (κ2) is 14.3. The highest BCUT2D eigenvalue weighted by Crippen LogP contribution is 2.25. The third kappa shape index (κ3) is 10.6. The Hall–Kier alpha value is -1.73. The Morgan fingerprint density at radius 3 is 2.39 bits per heavy atom. The summed E-state index contributed by atoms with van der Waals surface area (Å²) in [5, 5.41) is 38.7. The van der Waals surface area contributed by atoms with Gasteiger partial charge in [-0.3, -0.25) is 4.79 Å². The molecule has 28 heavy (non-hydrogen) atoms. The van der Waals surface area contributed by atoms with Crippen molar-refractivity contribution in [2.24, 2.45) is 0 Å². The van der Waals surface area contributed by atoms with Crippen molar-refractivity contribution in [3.8, 4) is 0 Å². The fourth-order valence-corrected chi connectivity index (χ4v) is 2.86. The zero-order valence-corrected chi connectivity index (χ0v) is 16.6. The average molecular weight is 395 g/mol. The van der Waals surface area contributed by atoms with Crippen molar-refractivity contribution in [3.05, 3.63) is 48.6 Å². The van der Waals surface area contributed by atoms with Crippen LogP contribution in [0.2, 0.25) is 0 Å². The first-order valence-corrected chi connectivity index (χ1v) is 9.98. The van der Waals surface area contributed by atoms with Gasteiger partial charge in [0.15, 0.2) is 0 Å². The molecule has 0 radical (unpaired) electrons. The predicted molar refractivity (Wildman–Crippen MR) is 109 cm³/mol. The Morgan fingerprint density at radius 2 is 1.75 bits per heavy atom. The van der Waals surface area contributed by atoms with Crippen LogP contribution in [0.3, 0.4) is 0 Å². The van der Waals surface area contributed by atoms with Crippen LogP contribution in [0, 0.1) is 0 Å². The molecule has 0 spiro atoms. The number of carbonyl (C=O) groups is 1. The van der Waals surface area contributed by atoms with Crippen molar-refractivity contribution in [1.29, 1.82) is 0 Å². The molecule has 1 heterocycles. The van der Waals surface area contributed by atoms with E-state index < -0.39 is 36.5 Å². The van der Waals surface area contributed by atoms with E-state index in [2.05, 4.69) is 31.2 Å². The number of aliphatic carboxylic acids is 1. The predicted octanol–water partition coefficient (Wildman–Crippen LogP) is 2.90. The third-order valence-electron chi connectivity index (χ3n) is 4.45. The molecule has 5 atom stereocenters. The molecule has 6 heteroatoms. The number of aliphatic hydroxyl groups excluding tert-OH is 3. The lowest BCUT2D eigenvalue weighted by molar-refractivity contribution is -0.138. The molecule has 0 aromatic heterocycles. The molecule has 0 unspecified atom stereocenters. The van der Waals surface area contributed by atoms with Gasteiger partial charge in [0.2, 0.25) is 0 Å². The number of rotatable bonds is 13. The Morgan fingerprint density at radius 1 is 1.11 bits per heavy atom. The van der Waals surface area contributed by atoms with Crippen molar-refractivity contribution >= 4 is 5.97 Å². The van der Waals surface area contributed by atoms with Crippen molar-refractivity contribution < 1.29 is 30.0 Å². The zero-order chi connectivity index (χ0) is 20.8. The van der Waals surface area contributed by atoms with E-state index in [4.69, 9.17) is 9.84 Å². The molecule has 0 aromatic rings. The molecule has 4 N–H and O–H groups in total. The van der Waals surface area contributed by atoms with Gasteiger partial charge in [0.05, 0.1) is 24.4 Å². The maximum absolute atomic E-state index is 10.6. The Labute approximate surface area is 167 Å². The highest BCUT2D eigenvalue weighted by atomic mass is 16.5. The van der Waals surface area contributed by atoms with Gasteiger partial charge in [0.25, 0.3) is 0 Å². The van der Waals surface area contributed by atoms with Crippen LogP contribution in [0.4, 0.5) is 0 Å². The summed E-state index contributed by atoms with van der Waals surface area (Å²) in [6.45, 7) is 2.10. The minimum Gasteiger partial charge on any atom is -0.481 e. The number of hydrogen-bond acceptors (Lipinski definition) is 5. The summed E-state index contributed by atoms with van der Waals surface area (Å²) in [7, 11) is 0. The molecule has 0 aliphatic carbocycles. The summed E-state index contributed by atoms with van der Waals surface area (Å²) in [5.74, 6) is -0.978. The minimum atomic E-state index is -0.978. The summed E-state index contributed by atoms with van der Waals surface area (Å²) >= 11 is 0. The molecule has 0 amide bonds. The summed E-state index contributed by atoms with van der Waals surface area (Å²) in [6, 6.07) is 0. The molecular formula is C22H34O6. The maximum Gasteiger partial charge on any atom is 0.303 e. The van der Waals surface area contributed by atoms with E-state index in [-0.39, 0.29) is 19.3 Å². The van der Waals surface area contributed by atoms with E-state index in [1.54, 1.807) is 12.2 Å². The molecule has 0 bridgehead atoms. The van der Waals surface area contributed by atoms with E-state index in [9.17, 15) is 20.1 Å². The number of hydrogen-bond donors (Lipinski definition) is 4. The van der Waals surface area contributed by atoms with Crippen LogP contribution >= 0.6 is 0 Å². The van der Waals surface area contributed by atoms with Gasteiger partial charge in [-0.05, 0) is 32.1 Å². The first-order valence-electron chi connectivity index (χ1n) is 9.98. The molecule has 158 valence electrons. The van der Waals surface area contributed by atoms with E-state index in [0.717, 1.165) is 19.3 Å². The number of allylic oxidation sites excluding steroid dienone is 5. The standard InChI is InChI=1S/C22H34O6/c1-2-3-4-5-6-7-8-9-10-11-17(23)12-14-20-19(25)16-21(28-20)18(24)13-15-22(26)27/h3-4,6-7,9-10,12,14,17-21,23-25H,2,5,8,11,13,15-16H2,1H3,(H,26,27)/b4-3-,7-6-,10-9-,14-12+/t17-,18+,19-,20-,21+/m1/s1. The quantitative estimate of drug-likeness (QED) is 0.358. The first kappa shape index (κ1) is 24.3. The number of carboxylic acids is 1. The van der Waals surface area contributed by atoms with Crippen LogP contribution in [0.1, 0.15) is 51.9 Å². The Bertz CT molecular complexity index is 551. The smallest absolute Gasteiger partial charge is 0.303 e. The molecule has 0 saturated carbocycles. The van der Waals surface area contributed by atoms with Crippen molar-refractivity contribution in [2.75, 3.05) is 0 Å². The minimum absolute atomic E-state index is 0.0832. The normalized spacial score (nSPS) is 25.5. The molecule has 0 aromatic carbocycles. The topological polar surface area (TPSA) is 107 Å². The second-order valence-electron chi connectivity index (χ2n) is 6.92. The van der Waals surface area contributed by atoms with Gasteiger partial charge < -0.3 is 25.2 Å². The maximum atomic E-state index is 10.6. The third-order valence-corrected chi connectivity index (χ3v) is 4.45. The zero-order valence-electron chi connectivity index (χ0n) is 16.6. The fraction of sp³-hybridized carbons (Fsp3) is 0.591. The van der Waals surface area contributed by atoms with E-state index in [1.807, 2.05) is 12.2 Å². The summed E-state index contributed by atoms with van der Waals surface area (Å²) in [6.07, 6.45) is 15.4. The van der Waals surface area contributed by atoms with Gasteiger partial charge in [-0.1, -0.05) is 55.5 Å². The Balaban J connectivity index is 2.29. The number of aliphatic hydroxyl groups is 3.